The number of amides is 1. The van der Waals surface area contributed by atoms with Crippen molar-refractivity contribution in [3.63, 3.8) is 0 Å². The maximum atomic E-state index is 14.1. The molecule has 1 amide bonds. The van der Waals surface area contributed by atoms with E-state index in [2.05, 4.69) is 32.1 Å². The van der Waals surface area contributed by atoms with Gasteiger partial charge in [-0.2, -0.15) is 0 Å². The lowest BCUT2D eigenvalue weighted by Gasteiger charge is -2.30. The van der Waals surface area contributed by atoms with Gasteiger partial charge in [-0.15, -0.1) is 0 Å². The van der Waals surface area contributed by atoms with Gasteiger partial charge in [0.25, 0.3) is 0 Å². The van der Waals surface area contributed by atoms with Gasteiger partial charge in [-0.25, -0.2) is 14.4 Å². The Kier molecular flexibility index (Phi) is 6.80. The fraction of sp³-hybridized carbons (Fsp3) is 0.208. The first-order chi connectivity index (χ1) is 16.1. The van der Waals surface area contributed by atoms with Gasteiger partial charge in [-0.05, 0) is 48.5 Å². The Morgan fingerprint density at radius 1 is 1.18 bits per heavy atom. The van der Waals surface area contributed by atoms with Crippen molar-refractivity contribution in [2.45, 2.75) is 0 Å². The van der Waals surface area contributed by atoms with Crippen molar-refractivity contribution in [3.8, 4) is 17.0 Å². The number of anilines is 4. The number of carbonyl (C=O) groups excluding carboxylic acids is 1. The molecule has 1 aliphatic rings. The summed E-state index contributed by atoms with van der Waals surface area (Å²) in [4.78, 5) is 22.6. The Morgan fingerprint density at radius 2 is 2.00 bits per heavy atom. The van der Waals surface area contributed by atoms with E-state index in [-0.39, 0.29) is 0 Å². The number of hydrogen-bond acceptors (Lipinski definition) is 7. The smallest absolute Gasteiger partial charge is 0.247 e. The third-order valence-corrected chi connectivity index (χ3v) is 5.09. The van der Waals surface area contributed by atoms with Crippen LogP contribution in [-0.2, 0) is 9.53 Å². The van der Waals surface area contributed by atoms with Crippen molar-refractivity contribution < 1.29 is 18.7 Å². The fourth-order valence-corrected chi connectivity index (χ4v) is 3.53. The summed E-state index contributed by atoms with van der Waals surface area (Å²) in [6, 6.07) is 11.6. The summed E-state index contributed by atoms with van der Waals surface area (Å²) in [7, 11) is 1.64. The van der Waals surface area contributed by atoms with Crippen LogP contribution in [0.25, 0.3) is 11.3 Å². The zero-order valence-corrected chi connectivity index (χ0v) is 18.2. The van der Waals surface area contributed by atoms with E-state index >= 15 is 0 Å². The van der Waals surface area contributed by atoms with E-state index in [4.69, 9.17) is 9.47 Å². The molecule has 9 heteroatoms. The molecule has 1 aliphatic heterocycles. The van der Waals surface area contributed by atoms with E-state index in [0.717, 1.165) is 36.3 Å². The predicted molar refractivity (Wildman–Crippen MR) is 126 cm³/mol. The first kappa shape index (κ1) is 22.2. The molecule has 1 fully saturated rings. The zero-order chi connectivity index (χ0) is 23.2. The lowest BCUT2D eigenvalue weighted by molar-refractivity contribution is -0.111. The topological polar surface area (TPSA) is 88.6 Å². The molecule has 2 heterocycles. The van der Waals surface area contributed by atoms with E-state index in [1.807, 2.05) is 18.2 Å². The molecular formula is C24H24FN5O3. The van der Waals surface area contributed by atoms with Gasteiger partial charge in [0.05, 0.1) is 31.7 Å². The number of morpholine rings is 1. The number of hydrogen-bond donors (Lipinski definition) is 2. The number of nitrogens with one attached hydrogen (secondary N) is 2. The number of ether oxygens (including phenoxy) is 2. The highest BCUT2D eigenvalue weighted by Gasteiger charge is 2.16. The summed E-state index contributed by atoms with van der Waals surface area (Å²) < 4.78 is 25.1. The molecule has 4 rings (SSSR count). The van der Waals surface area contributed by atoms with Crippen LogP contribution >= 0.6 is 0 Å². The molecule has 170 valence electrons. The van der Waals surface area contributed by atoms with Crippen LogP contribution in [0.3, 0.4) is 0 Å². The molecule has 2 N–H and O–H groups in total. The van der Waals surface area contributed by atoms with Gasteiger partial charge in [0, 0.05) is 36.2 Å². The Morgan fingerprint density at radius 3 is 2.76 bits per heavy atom. The maximum Gasteiger partial charge on any atom is 0.247 e. The minimum atomic E-state index is -0.495. The number of aromatic nitrogens is 2. The number of halogens is 1. The van der Waals surface area contributed by atoms with Crippen LogP contribution < -0.4 is 20.3 Å². The summed E-state index contributed by atoms with van der Waals surface area (Å²) in [6.45, 7) is 6.28. The second-order valence-corrected chi connectivity index (χ2v) is 7.30. The summed E-state index contributed by atoms with van der Waals surface area (Å²) in [6.07, 6.45) is 2.71. The van der Waals surface area contributed by atoms with Crippen LogP contribution in [0, 0.1) is 5.82 Å². The van der Waals surface area contributed by atoms with E-state index in [9.17, 15) is 9.18 Å². The monoisotopic (exact) mass is 449 g/mol. The van der Waals surface area contributed by atoms with Crippen molar-refractivity contribution in [2.75, 3.05) is 48.9 Å². The molecule has 0 bridgehead atoms. The lowest BCUT2D eigenvalue weighted by Crippen LogP contribution is -2.36. The Bertz CT molecular complexity index is 1160. The second-order valence-electron chi connectivity index (χ2n) is 7.30. The summed E-state index contributed by atoms with van der Waals surface area (Å²) >= 11 is 0. The Balaban J connectivity index is 1.59. The molecule has 0 atom stereocenters. The number of rotatable bonds is 7. The van der Waals surface area contributed by atoms with Gasteiger partial charge in [0.2, 0.25) is 11.9 Å². The molecule has 1 aromatic heterocycles. The van der Waals surface area contributed by atoms with Crippen molar-refractivity contribution in [1.82, 2.24) is 9.97 Å². The highest BCUT2D eigenvalue weighted by Crippen LogP contribution is 2.33. The number of carbonyl (C=O) groups is 1. The molecule has 33 heavy (non-hydrogen) atoms. The molecule has 0 radical (unpaired) electrons. The van der Waals surface area contributed by atoms with Crippen molar-refractivity contribution in [2.24, 2.45) is 0 Å². The molecule has 0 saturated carbocycles. The predicted octanol–water partition coefficient (Wildman–Crippen LogP) is 4.00. The Labute approximate surface area is 191 Å². The van der Waals surface area contributed by atoms with Gasteiger partial charge < -0.3 is 25.0 Å². The van der Waals surface area contributed by atoms with Gasteiger partial charge >= 0.3 is 0 Å². The van der Waals surface area contributed by atoms with Gasteiger partial charge in [-0.3, -0.25) is 4.79 Å². The lowest BCUT2D eigenvalue weighted by atomic mass is 10.1. The molecule has 0 unspecified atom stereocenters. The molecule has 2 aromatic carbocycles. The van der Waals surface area contributed by atoms with E-state index in [0.29, 0.717) is 36.1 Å². The maximum absolute atomic E-state index is 14.1. The summed E-state index contributed by atoms with van der Waals surface area (Å²) in [5.74, 6) is 0.204. The molecule has 3 aromatic rings. The molecule has 0 aliphatic carbocycles. The van der Waals surface area contributed by atoms with Crippen molar-refractivity contribution in [1.29, 1.82) is 0 Å². The number of benzene rings is 2. The highest BCUT2D eigenvalue weighted by atomic mass is 19.1. The summed E-state index contributed by atoms with van der Waals surface area (Å²) in [5.41, 5.74) is 3.06. The van der Waals surface area contributed by atoms with E-state index in [1.165, 1.54) is 12.1 Å². The minimum Gasteiger partial charge on any atom is -0.495 e. The van der Waals surface area contributed by atoms with E-state index < -0.39 is 11.7 Å². The zero-order valence-electron chi connectivity index (χ0n) is 18.2. The first-order valence-corrected chi connectivity index (χ1v) is 10.4. The molecule has 0 spiro atoms. The fourth-order valence-electron chi connectivity index (χ4n) is 3.53. The average Bonchev–Trinajstić information content (AvgIpc) is 2.84. The third-order valence-electron chi connectivity index (χ3n) is 5.09. The third kappa shape index (κ3) is 5.45. The van der Waals surface area contributed by atoms with Crippen LogP contribution in [-0.4, -0.2) is 49.3 Å². The SMILES string of the molecule is C=CC(=O)Nc1cc(F)cc(-c2ccnc(Nc3ccc(OC)c(N4CCOCC4)c3)n2)c1. The standard InChI is InChI=1S/C24H24FN5O3/c1-3-23(31)27-19-13-16(12-17(25)14-19)20-6-7-26-24(29-20)28-18-4-5-22(32-2)21(15-18)30-8-10-33-11-9-30/h3-7,12-15H,1,8-11H2,2H3,(H,27,31)(H,26,28,29). The average molecular weight is 449 g/mol. The number of nitrogens with zero attached hydrogens (tertiary/aromatic N) is 3. The molecular weight excluding hydrogens is 425 g/mol. The van der Waals surface area contributed by atoms with Crippen molar-refractivity contribution in [3.05, 3.63) is 67.1 Å². The molecule has 1 saturated heterocycles. The van der Waals surface area contributed by atoms with E-state index in [1.54, 1.807) is 25.4 Å². The van der Waals surface area contributed by atoms with Gasteiger partial charge in [-0.1, -0.05) is 6.58 Å². The van der Waals surface area contributed by atoms with Crippen LogP contribution in [0.4, 0.5) is 27.4 Å². The highest BCUT2D eigenvalue weighted by molar-refractivity contribution is 5.99. The molecule has 8 nitrogen and oxygen atoms in total. The largest absolute Gasteiger partial charge is 0.495 e. The normalized spacial score (nSPS) is 13.3. The first-order valence-electron chi connectivity index (χ1n) is 10.4. The Hall–Kier alpha value is -3.98. The quantitative estimate of drug-likeness (QED) is 0.527. The van der Waals surface area contributed by atoms with Crippen LogP contribution in [0.2, 0.25) is 0 Å². The van der Waals surface area contributed by atoms with Crippen LogP contribution in [0.15, 0.2) is 61.3 Å². The number of methoxy groups -OCH3 is 1. The van der Waals surface area contributed by atoms with Crippen LogP contribution in [0.5, 0.6) is 5.75 Å². The van der Waals surface area contributed by atoms with Crippen LogP contribution in [0.1, 0.15) is 0 Å². The summed E-state index contributed by atoms with van der Waals surface area (Å²) in [5, 5.41) is 5.77. The van der Waals surface area contributed by atoms with Gasteiger partial charge in [0.1, 0.15) is 11.6 Å². The second kappa shape index (κ2) is 10.1. The van der Waals surface area contributed by atoms with Gasteiger partial charge in [0.15, 0.2) is 0 Å². The minimum absolute atomic E-state index is 0.313. The van der Waals surface area contributed by atoms with Crippen molar-refractivity contribution >= 4 is 28.9 Å².